The first-order chi connectivity index (χ1) is 2.91. The van der Waals surface area contributed by atoms with Gasteiger partial charge in [0.15, 0.2) is 0 Å². The maximum atomic E-state index is 2.83. The van der Waals surface area contributed by atoms with Gasteiger partial charge in [0, 0.05) is 0 Å². The molecule has 0 aliphatic rings. The number of rotatable bonds is 1. The average molecular weight is 364 g/mol. The van der Waals surface area contributed by atoms with E-state index in [0.717, 1.165) is 0 Å². The molecular formula is C7H11RbW. The summed E-state index contributed by atoms with van der Waals surface area (Å²) in [7, 11) is 0. The molecule has 0 aliphatic heterocycles. The van der Waals surface area contributed by atoms with Crippen LogP contribution in [-0.4, -0.2) is 0 Å². The molecule has 0 saturated carbocycles. The molecule has 0 bridgehead atoms. The molecule has 0 fully saturated rings. The van der Waals surface area contributed by atoms with E-state index in [1.54, 1.807) is 0 Å². The molecule has 0 heterocycles. The van der Waals surface area contributed by atoms with Crippen LogP contribution < -0.4 is 58.2 Å². The minimum Gasteiger partial charge on any atom is -0.391 e. The maximum absolute atomic E-state index is 2.83. The van der Waals surface area contributed by atoms with Gasteiger partial charge < -0.3 is 31.7 Å². The van der Waals surface area contributed by atoms with Crippen LogP contribution in [0.3, 0.4) is 0 Å². The van der Waals surface area contributed by atoms with Crippen molar-refractivity contribution in [2.24, 2.45) is 0 Å². The summed E-state index contributed by atoms with van der Waals surface area (Å²) >= 11 is 0. The van der Waals surface area contributed by atoms with Gasteiger partial charge in [-0.3, -0.25) is 0 Å². The molecule has 0 aromatic rings. The predicted octanol–water partition coefficient (Wildman–Crippen LogP) is -0.803. The Balaban J connectivity index is -0.0000000417. The monoisotopic (exact) mass is 364 g/mol. The van der Waals surface area contributed by atoms with Gasteiger partial charge in [-0.2, -0.15) is 0 Å². The van der Waals surface area contributed by atoms with Gasteiger partial charge in [0.25, 0.3) is 0 Å². The summed E-state index contributed by atoms with van der Waals surface area (Å²) in [5.74, 6) is 0. The number of allylic oxidation sites excluding steroid dienone is 4. The van der Waals surface area contributed by atoms with Crippen LogP contribution in [-0.2, 0) is 21.1 Å². The predicted molar refractivity (Wildman–Crippen MR) is 33.4 cm³/mol. The summed E-state index contributed by atoms with van der Waals surface area (Å²) in [6.07, 6.45) is 9.29. The van der Waals surface area contributed by atoms with E-state index < -0.39 is 0 Å². The summed E-state index contributed by atoms with van der Waals surface area (Å²) in [6, 6.07) is 0. The topological polar surface area (TPSA) is 0 Å². The first-order valence-corrected chi connectivity index (χ1v) is 1.91. The van der Waals surface area contributed by atoms with Crippen LogP contribution in [0.4, 0.5) is 0 Å². The summed E-state index contributed by atoms with van der Waals surface area (Å²) in [5, 5.41) is 0. The fourth-order valence-electron chi connectivity index (χ4n) is 0.167. The van der Waals surface area contributed by atoms with Crippen LogP contribution in [0.2, 0.25) is 0 Å². The Morgan fingerprint density at radius 2 is 1.22 bits per heavy atom. The SMILES string of the molecule is C[C-]=CC=[C-]C.[CH3-].[Rb+].[W+2]. The average Bonchev–Trinajstić information content (AvgIpc) is 1.61. The van der Waals surface area contributed by atoms with Gasteiger partial charge in [-0.05, 0) is 0 Å². The van der Waals surface area contributed by atoms with E-state index in [2.05, 4.69) is 12.2 Å². The molecule has 0 atom stereocenters. The Bertz CT molecular complexity index is 57.3. The van der Waals surface area contributed by atoms with Gasteiger partial charge in [0.2, 0.25) is 0 Å². The summed E-state index contributed by atoms with van der Waals surface area (Å²) in [6.45, 7) is 3.71. The number of hydrogen-bond acceptors (Lipinski definition) is 0. The van der Waals surface area contributed by atoms with Crippen molar-refractivity contribution < 1.29 is 79.3 Å². The molecular weight excluding hydrogens is 353 g/mol. The Morgan fingerprint density at radius 1 is 1.00 bits per heavy atom. The maximum Gasteiger partial charge on any atom is 2.00 e. The van der Waals surface area contributed by atoms with E-state index >= 15 is 0 Å². The largest absolute Gasteiger partial charge is 2.00 e. The van der Waals surface area contributed by atoms with Gasteiger partial charge >= 0.3 is 79.3 Å². The van der Waals surface area contributed by atoms with Crippen LogP contribution in [0.25, 0.3) is 0 Å². The molecule has 0 nitrogen and oxygen atoms in total. The molecule has 0 amide bonds. The second-order valence-corrected chi connectivity index (χ2v) is 0.911. The molecule has 0 saturated heterocycles. The Labute approximate surface area is 122 Å². The van der Waals surface area contributed by atoms with E-state index in [1.807, 2.05) is 26.0 Å². The smallest absolute Gasteiger partial charge is 0.391 e. The molecule has 0 aromatic heterocycles. The zero-order chi connectivity index (χ0) is 4.83. The van der Waals surface area contributed by atoms with Crippen molar-refractivity contribution in [2.45, 2.75) is 13.8 Å². The van der Waals surface area contributed by atoms with Gasteiger partial charge in [-0.25, -0.2) is 0 Å². The minimum atomic E-state index is 0. The third-order valence-corrected chi connectivity index (χ3v) is 0.417. The van der Waals surface area contributed by atoms with Crippen LogP contribution >= 0.6 is 0 Å². The van der Waals surface area contributed by atoms with Crippen LogP contribution in [0, 0.1) is 19.6 Å². The molecule has 0 aliphatic carbocycles. The first kappa shape index (κ1) is 22.4. The molecule has 0 N–H and O–H groups in total. The Hall–Kier alpha value is 1.97. The number of hydrogen-bond donors (Lipinski definition) is 0. The quantitative estimate of drug-likeness (QED) is 0.422. The van der Waals surface area contributed by atoms with E-state index in [-0.39, 0.29) is 86.7 Å². The van der Waals surface area contributed by atoms with Crippen LogP contribution in [0.1, 0.15) is 13.8 Å². The molecule has 0 unspecified atom stereocenters. The van der Waals surface area contributed by atoms with Crippen molar-refractivity contribution in [3.8, 4) is 0 Å². The minimum absolute atomic E-state index is 0. The van der Waals surface area contributed by atoms with E-state index in [9.17, 15) is 0 Å². The van der Waals surface area contributed by atoms with Crippen LogP contribution in [0.5, 0.6) is 0 Å². The van der Waals surface area contributed by atoms with Gasteiger partial charge in [-0.15, -0.1) is 13.8 Å². The van der Waals surface area contributed by atoms with Crippen molar-refractivity contribution in [1.82, 2.24) is 0 Å². The van der Waals surface area contributed by atoms with E-state index in [4.69, 9.17) is 0 Å². The van der Waals surface area contributed by atoms with Gasteiger partial charge in [-0.1, -0.05) is 0 Å². The van der Waals surface area contributed by atoms with Crippen LogP contribution in [0.15, 0.2) is 12.2 Å². The summed E-state index contributed by atoms with van der Waals surface area (Å²) < 4.78 is 0. The third-order valence-electron chi connectivity index (χ3n) is 0.417. The second-order valence-electron chi connectivity index (χ2n) is 0.911. The molecule has 0 aromatic carbocycles. The van der Waals surface area contributed by atoms with Crippen molar-refractivity contribution in [2.75, 3.05) is 0 Å². The van der Waals surface area contributed by atoms with Crippen molar-refractivity contribution >= 4 is 0 Å². The molecule has 46 valence electrons. The van der Waals surface area contributed by atoms with Gasteiger partial charge in [0.1, 0.15) is 0 Å². The molecule has 0 radical (unpaired) electrons. The van der Waals surface area contributed by atoms with Crippen molar-refractivity contribution in [1.29, 1.82) is 0 Å². The normalized spacial score (nSPS) is 7.78. The fraction of sp³-hybridized carbons (Fsp3) is 0.286. The third kappa shape index (κ3) is 25.6. The van der Waals surface area contributed by atoms with Gasteiger partial charge in [0.05, 0.1) is 0 Å². The molecule has 0 rings (SSSR count). The Kier molecular flexibility index (Phi) is 56.1. The molecule has 9 heavy (non-hydrogen) atoms. The molecule has 2 heteroatoms. The second kappa shape index (κ2) is 22.5. The summed E-state index contributed by atoms with van der Waals surface area (Å²) in [5.41, 5.74) is 0. The van der Waals surface area contributed by atoms with Crippen molar-refractivity contribution in [3.05, 3.63) is 31.7 Å². The van der Waals surface area contributed by atoms with Crippen molar-refractivity contribution in [3.63, 3.8) is 0 Å². The Morgan fingerprint density at radius 3 is 1.33 bits per heavy atom. The zero-order valence-corrected chi connectivity index (χ0v) is 14.4. The van der Waals surface area contributed by atoms with E-state index in [0.29, 0.717) is 0 Å². The summed E-state index contributed by atoms with van der Waals surface area (Å²) in [4.78, 5) is 0. The molecule has 0 spiro atoms. The standard InChI is InChI=1S/C6H8.CH3.Rb.W/c1-3-5-6-4-2;;;/h5-6H,1-2H3;1H3;;/q-2;-1;+1;+2. The fourth-order valence-corrected chi connectivity index (χ4v) is 0.167. The first-order valence-electron chi connectivity index (χ1n) is 1.91. The zero-order valence-electron chi connectivity index (χ0n) is 6.56. The van der Waals surface area contributed by atoms with E-state index in [1.165, 1.54) is 0 Å².